The molecule has 4 aromatic rings. The third-order valence-corrected chi connectivity index (χ3v) is 7.07. The Morgan fingerprint density at radius 2 is 1.68 bits per heavy atom. The van der Waals surface area contributed by atoms with Crippen molar-refractivity contribution in [2.45, 2.75) is 58.3 Å². The number of hydrogen-bond donors (Lipinski definition) is 0. The van der Waals surface area contributed by atoms with E-state index in [1.165, 1.54) is 18.3 Å². The molecule has 0 radical (unpaired) electrons. The van der Waals surface area contributed by atoms with Crippen LogP contribution in [0, 0.1) is 5.41 Å². The number of nitrogens with zero attached hydrogens (tertiary/aromatic N) is 8. The van der Waals surface area contributed by atoms with Gasteiger partial charge in [0, 0.05) is 5.02 Å². The van der Waals surface area contributed by atoms with Crippen molar-refractivity contribution in [3.8, 4) is 5.75 Å². The van der Waals surface area contributed by atoms with E-state index in [4.69, 9.17) is 16.3 Å². The molecule has 3 heterocycles. The van der Waals surface area contributed by atoms with E-state index in [9.17, 15) is 0 Å². The fourth-order valence-electron chi connectivity index (χ4n) is 5.09. The summed E-state index contributed by atoms with van der Waals surface area (Å²) in [6, 6.07) is 17.4. The largest absolute Gasteiger partial charge is 0.466 e. The molecule has 194 valence electrons. The lowest BCUT2D eigenvalue weighted by atomic mass is 9.85. The Labute approximate surface area is 222 Å². The first kappa shape index (κ1) is 25.4. The highest BCUT2D eigenvalue weighted by atomic mass is 35.5. The number of piperidine rings is 1. The van der Waals surface area contributed by atoms with Crippen LogP contribution in [0.1, 0.15) is 69.7 Å². The van der Waals surface area contributed by atoms with Crippen molar-refractivity contribution in [1.82, 2.24) is 39.9 Å². The van der Waals surface area contributed by atoms with Gasteiger partial charge >= 0.3 is 0 Å². The van der Waals surface area contributed by atoms with Crippen molar-refractivity contribution in [2.75, 3.05) is 13.1 Å². The van der Waals surface area contributed by atoms with Gasteiger partial charge in [-0.2, -0.15) is 5.10 Å². The van der Waals surface area contributed by atoms with Crippen molar-refractivity contribution in [1.29, 1.82) is 0 Å². The van der Waals surface area contributed by atoms with Crippen molar-refractivity contribution in [3.05, 3.63) is 83.7 Å². The molecule has 5 rings (SSSR count). The Morgan fingerprint density at radius 1 is 0.946 bits per heavy atom. The molecule has 0 bridgehead atoms. The smallest absolute Gasteiger partial charge is 0.215 e. The molecule has 0 N–H and O–H groups in total. The van der Waals surface area contributed by atoms with E-state index in [0.29, 0.717) is 10.8 Å². The fraction of sp³-hybridized carbons (Fsp3) is 0.444. The topological polar surface area (TPSA) is 86.8 Å². The zero-order chi connectivity index (χ0) is 25.8. The first-order valence-corrected chi connectivity index (χ1v) is 13.1. The van der Waals surface area contributed by atoms with E-state index >= 15 is 0 Å². The van der Waals surface area contributed by atoms with Gasteiger partial charge in [-0.15, -0.1) is 5.10 Å². The lowest BCUT2D eigenvalue weighted by Gasteiger charge is -2.39. The van der Waals surface area contributed by atoms with Crippen LogP contribution in [0.4, 0.5) is 0 Å². The van der Waals surface area contributed by atoms with Crippen LogP contribution < -0.4 is 4.74 Å². The number of benzene rings is 2. The second kappa shape index (κ2) is 11.0. The second-order valence-electron chi connectivity index (χ2n) is 10.5. The highest BCUT2D eigenvalue weighted by molar-refractivity contribution is 6.30. The van der Waals surface area contributed by atoms with Gasteiger partial charge in [0.25, 0.3) is 0 Å². The number of halogens is 1. The van der Waals surface area contributed by atoms with E-state index in [-0.39, 0.29) is 17.5 Å². The summed E-state index contributed by atoms with van der Waals surface area (Å²) in [5, 5.41) is 18.5. The molecule has 2 aromatic carbocycles. The summed E-state index contributed by atoms with van der Waals surface area (Å²) in [5.74, 6) is 1.46. The molecular weight excluding hydrogens is 488 g/mol. The molecule has 10 heteroatoms. The Morgan fingerprint density at radius 3 is 2.32 bits per heavy atom. The minimum Gasteiger partial charge on any atom is -0.466 e. The van der Waals surface area contributed by atoms with E-state index in [0.717, 1.165) is 31.8 Å². The average Bonchev–Trinajstić information content (AvgIpc) is 3.59. The number of tetrazole rings is 1. The van der Waals surface area contributed by atoms with Crippen LogP contribution in [0.5, 0.6) is 5.75 Å². The Bertz CT molecular complexity index is 1250. The molecule has 0 unspecified atom stereocenters. The van der Waals surface area contributed by atoms with Crippen LogP contribution in [0.25, 0.3) is 0 Å². The molecule has 1 aliphatic heterocycles. The SMILES string of the molecule is CC(C)(C)[C@H]([C@@H](Oc1ccc(Cl)cc1)n1cncn1)n1nnnc1[C@@H](c1ccccc1)N1CCCCC1. The second-order valence-corrected chi connectivity index (χ2v) is 11.0. The van der Waals surface area contributed by atoms with Crippen molar-refractivity contribution < 1.29 is 4.74 Å². The maximum Gasteiger partial charge on any atom is 0.215 e. The minimum atomic E-state index is -0.566. The monoisotopic (exact) mass is 520 g/mol. The molecule has 0 aliphatic carbocycles. The van der Waals surface area contributed by atoms with Gasteiger partial charge in [-0.05, 0) is 71.6 Å². The van der Waals surface area contributed by atoms with E-state index in [2.05, 4.69) is 75.5 Å². The predicted molar refractivity (Wildman–Crippen MR) is 141 cm³/mol. The maximum absolute atomic E-state index is 6.58. The normalized spacial score (nSPS) is 17.3. The molecule has 3 atom stereocenters. The van der Waals surface area contributed by atoms with Gasteiger partial charge in [-0.25, -0.2) is 14.3 Å². The van der Waals surface area contributed by atoms with Crippen LogP contribution in [0.2, 0.25) is 5.02 Å². The zero-order valence-electron chi connectivity index (χ0n) is 21.5. The lowest BCUT2D eigenvalue weighted by Crippen LogP contribution is -2.41. The average molecular weight is 521 g/mol. The molecule has 1 saturated heterocycles. The van der Waals surface area contributed by atoms with Crippen LogP contribution in [-0.2, 0) is 0 Å². The van der Waals surface area contributed by atoms with Gasteiger partial charge in [0.15, 0.2) is 5.82 Å². The number of rotatable bonds is 8. The molecule has 1 aliphatic rings. The van der Waals surface area contributed by atoms with Crippen molar-refractivity contribution in [3.63, 3.8) is 0 Å². The molecule has 2 aromatic heterocycles. The van der Waals surface area contributed by atoms with Gasteiger partial charge < -0.3 is 4.74 Å². The van der Waals surface area contributed by atoms with Gasteiger partial charge in [0.05, 0.1) is 6.04 Å². The molecule has 37 heavy (non-hydrogen) atoms. The van der Waals surface area contributed by atoms with Crippen LogP contribution in [-0.4, -0.2) is 53.0 Å². The van der Waals surface area contributed by atoms with Gasteiger partial charge in [0.2, 0.25) is 6.23 Å². The Balaban J connectivity index is 1.61. The minimum absolute atomic E-state index is 0.0757. The van der Waals surface area contributed by atoms with Crippen LogP contribution in [0.3, 0.4) is 0 Å². The lowest BCUT2D eigenvalue weighted by molar-refractivity contribution is -0.00233. The van der Waals surface area contributed by atoms with E-state index < -0.39 is 6.23 Å². The number of ether oxygens (including phenoxy) is 1. The summed E-state index contributed by atoms with van der Waals surface area (Å²) in [4.78, 5) is 6.70. The zero-order valence-corrected chi connectivity index (χ0v) is 22.2. The summed E-state index contributed by atoms with van der Waals surface area (Å²) < 4.78 is 10.3. The number of hydrogen-bond acceptors (Lipinski definition) is 7. The Kier molecular flexibility index (Phi) is 7.53. The van der Waals surface area contributed by atoms with E-state index in [1.807, 2.05) is 35.0 Å². The molecule has 9 nitrogen and oxygen atoms in total. The first-order chi connectivity index (χ1) is 17.9. The van der Waals surface area contributed by atoms with Gasteiger partial charge in [-0.3, -0.25) is 4.90 Å². The van der Waals surface area contributed by atoms with Crippen molar-refractivity contribution in [2.24, 2.45) is 5.41 Å². The summed E-state index contributed by atoms with van der Waals surface area (Å²) in [7, 11) is 0. The van der Waals surface area contributed by atoms with Crippen LogP contribution in [0.15, 0.2) is 67.3 Å². The third kappa shape index (κ3) is 5.67. The highest BCUT2D eigenvalue weighted by Crippen LogP contribution is 2.42. The highest BCUT2D eigenvalue weighted by Gasteiger charge is 2.42. The molecule has 0 spiro atoms. The van der Waals surface area contributed by atoms with Gasteiger partial charge in [0.1, 0.15) is 24.4 Å². The van der Waals surface area contributed by atoms with Gasteiger partial charge in [-0.1, -0.05) is 69.1 Å². The van der Waals surface area contributed by atoms with E-state index in [1.54, 1.807) is 11.0 Å². The molecule has 0 saturated carbocycles. The quantitative estimate of drug-likeness (QED) is 0.309. The molecular formula is C27H33ClN8O. The maximum atomic E-state index is 6.58. The summed E-state index contributed by atoms with van der Waals surface area (Å²) in [6.07, 6.45) is 6.19. The number of likely N-dealkylation sites (tertiary alicyclic amines) is 1. The predicted octanol–water partition coefficient (Wildman–Crippen LogP) is 5.36. The number of aromatic nitrogens is 7. The summed E-state index contributed by atoms with van der Waals surface area (Å²) >= 11 is 6.13. The standard InChI is InChI=1S/C27H33ClN8O/c1-27(2,3)24(26(35-19-29-18-30-35)37-22-14-12-21(28)13-15-22)36-25(31-32-33-36)23(20-10-6-4-7-11-20)34-16-8-5-9-17-34/h4,6-7,10-15,18-19,23-24,26H,5,8-9,16-17H2,1-3H3/t23-,24+,26-/m1/s1. The molecule has 1 fully saturated rings. The molecule has 0 amide bonds. The van der Waals surface area contributed by atoms with Crippen molar-refractivity contribution >= 4 is 11.6 Å². The Hall–Kier alpha value is -3.30. The first-order valence-electron chi connectivity index (χ1n) is 12.7. The fourth-order valence-corrected chi connectivity index (χ4v) is 5.22. The summed E-state index contributed by atoms with van der Waals surface area (Å²) in [6.45, 7) is 8.49. The third-order valence-electron chi connectivity index (χ3n) is 6.82. The summed E-state index contributed by atoms with van der Waals surface area (Å²) in [5.41, 5.74) is 0.861. The van der Waals surface area contributed by atoms with Crippen LogP contribution >= 0.6 is 11.6 Å².